The molecule has 0 atom stereocenters. The van der Waals surface area contributed by atoms with Crippen molar-refractivity contribution in [3.63, 3.8) is 0 Å². The number of carbonyl (C=O) groups excluding carboxylic acids is 3. The molecule has 0 bridgehead atoms. The van der Waals surface area contributed by atoms with Gasteiger partial charge in [-0.1, -0.05) is 18.2 Å². The molecule has 0 radical (unpaired) electrons. The maximum Gasteiger partial charge on any atom is 0.338 e. The third-order valence-electron chi connectivity index (χ3n) is 3.34. The van der Waals surface area contributed by atoms with Crippen LogP contribution < -0.4 is 10.1 Å². The fourth-order valence-electron chi connectivity index (χ4n) is 2.09. The Morgan fingerprint density at radius 3 is 2.37 bits per heavy atom. The Kier molecular flexibility index (Phi) is 8.38. The highest BCUT2D eigenvalue weighted by atomic mass is 32.2. The molecule has 0 saturated carbocycles. The van der Waals surface area contributed by atoms with Crippen molar-refractivity contribution in [2.24, 2.45) is 0 Å². The fourth-order valence-corrected chi connectivity index (χ4v) is 2.81. The van der Waals surface area contributed by atoms with Crippen molar-refractivity contribution in [1.29, 1.82) is 0 Å². The molecule has 0 aliphatic rings. The first-order chi connectivity index (χ1) is 13.1. The Bertz CT molecular complexity index is 762. The van der Waals surface area contributed by atoms with Crippen LogP contribution in [0.3, 0.4) is 0 Å². The molecule has 2 aromatic rings. The lowest BCUT2D eigenvalue weighted by Gasteiger charge is -2.07. The van der Waals surface area contributed by atoms with Gasteiger partial charge in [-0.25, -0.2) is 4.79 Å². The molecule has 0 aliphatic heterocycles. The van der Waals surface area contributed by atoms with Gasteiger partial charge in [-0.05, 0) is 43.3 Å². The van der Waals surface area contributed by atoms with Gasteiger partial charge in [-0.3, -0.25) is 9.59 Å². The number of nitrogens with one attached hydrogen (secondary N) is 1. The Balaban J connectivity index is 1.66. The lowest BCUT2D eigenvalue weighted by Crippen LogP contribution is -2.15. The van der Waals surface area contributed by atoms with E-state index in [0.717, 1.165) is 0 Å². The van der Waals surface area contributed by atoms with Gasteiger partial charge in [0.25, 0.3) is 0 Å². The molecule has 27 heavy (non-hydrogen) atoms. The number of thioether (sulfide) groups is 1. The normalized spacial score (nSPS) is 10.1. The molecule has 0 aliphatic carbocycles. The van der Waals surface area contributed by atoms with Gasteiger partial charge in [-0.2, -0.15) is 11.8 Å². The standard InChI is InChI=1S/C20H21NO5S/c1-2-25-20(24)15-8-10-16(11-9-15)21-18(22)14-27-13-12-19(23)26-17-6-4-3-5-7-17/h3-11H,2,12-14H2,1H3,(H,21,22). The van der Waals surface area contributed by atoms with Crippen molar-refractivity contribution in [3.8, 4) is 5.75 Å². The average molecular weight is 387 g/mol. The van der Waals surface area contributed by atoms with Crippen molar-refractivity contribution < 1.29 is 23.9 Å². The first kappa shape index (κ1) is 20.5. The molecule has 0 spiro atoms. The van der Waals surface area contributed by atoms with E-state index in [1.165, 1.54) is 11.8 Å². The van der Waals surface area contributed by atoms with Gasteiger partial charge in [0.05, 0.1) is 24.3 Å². The van der Waals surface area contributed by atoms with Gasteiger partial charge in [0.2, 0.25) is 5.91 Å². The number of hydrogen-bond acceptors (Lipinski definition) is 6. The largest absolute Gasteiger partial charge is 0.462 e. The highest BCUT2D eigenvalue weighted by Crippen LogP contribution is 2.13. The molecule has 0 heterocycles. The van der Waals surface area contributed by atoms with E-state index < -0.39 is 5.97 Å². The second-order valence-corrected chi connectivity index (χ2v) is 6.54. The van der Waals surface area contributed by atoms with E-state index in [1.807, 2.05) is 6.07 Å². The average Bonchev–Trinajstić information content (AvgIpc) is 2.67. The third kappa shape index (κ3) is 7.53. The monoisotopic (exact) mass is 387 g/mol. The van der Waals surface area contributed by atoms with Crippen molar-refractivity contribution >= 4 is 35.3 Å². The highest BCUT2D eigenvalue weighted by molar-refractivity contribution is 7.99. The predicted octanol–water partition coefficient (Wildman–Crippen LogP) is 3.53. The van der Waals surface area contributed by atoms with Crippen molar-refractivity contribution in [3.05, 3.63) is 60.2 Å². The molecular formula is C20H21NO5S. The second kappa shape index (κ2) is 11.0. The van der Waals surface area contributed by atoms with E-state index in [4.69, 9.17) is 9.47 Å². The number of anilines is 1. The summed E-state index contributed by atoms with van der Waals surface area (Å²) in [5, 5.41) is 2.74. The number of carbonyl (C=O) groups is 3. The van der Waals surface area contributed by atoms with E-state index in [9.17, 15) is 14.4 Å². The topological polar surface area (TPSA) is 81.7 Å². The SMILES string of the molecule is CCOC(=O)c1ccc(NC(=O)CSCCC(=O)Oc2ccccc2)cc1. The summed E-state index contributed by atoms with van der Waals surface area (Å²) in [6.07, 6.45) is 0.223. The summed E-state index contributed by atoms with van der Waals surface area (Å²) in [5.74, 6) is 0.313. The second-order valence-electron chi connectivity index (χ2n) is 5.44. The molecular weight excluding hydrogens is 366 g/mol. The van der Waals surface area contributed by atoms with Crippen LogP contribution in [0.5, 0.6) is 5.75 Å². The van der Waals surface area contributed by atoms with Gasteiger partial charge in [-0.15, -0.1) is 0 Å². The van der Waals surface area contributed by atoms with Crippen LogP contribution in [0.15, 0.2) is 54.6 Å². The zero-order chi connectivity index (χ0) is 19.5. The fraction of sp³-hybridized carbons (Fsp3) is 0.250. The van der Waals surface area contributed by atoms with Gasteiger partial charge >= 0.3 is 11.9 Å². The Labute approximate surface area is 162 Å². The number of benzene rings is 2. The molecule has 6 nitrogen and oxygen atoms in total. The maximum absolute atomic E-state index is 11.9. The first-order valence-electron chi connectivity index (χ1n) is 8.49. The molecule has 1 N–H and O–H groups in total. The van der Waals surface area contributed by atoms with Crippen molar-refractivity contribution in [2.45, 2.75) is 13.3 Å². The van der Waals surface area contributed by atoms with Crippen LogP contribution in [0.4, 0.5) is 5.69 Å². The van der Waals surface area contributed by atoms with Gasteiger partial charge < -0.3 is 14.8 Å². The van der Waals surface area contributed by atoms with Crippen LogP contribution in [-0.2, 0) is 14.3 Å². The summed E-state index contributed by atoms with van der Waals surface area (Å²) >= 11 is 1.35. The van der Waals surface area contributed by atoms with E-state index in [-0.39, 0.29) is 24.1 Å². The summed E-state index contributed by atoms with van der Waals surface area (Å²) in [5.41, 5.74) is 1.03. The zero-order valence-corrected chi connectivity index (χ0v) is 15.8. The predicted molar refractivity (Wildman–Crippen MR) is 105 cm³/mol. The molecule has 0 fully saturated rings. The van der Waals surface area contributed by atoms with Crippen molar-refractivity contribution in [2.75, 3.05) is 23.4 Å². The summed E-state index contributed by atoms with van der Waals surface area (Å²) in [4.78, 5) is 35.2. The Hall–Kier alpha value is -2.80. The van der Waals surface area contributed by atoms with Crippen LogP contribution in [0, 0.1) is 0 Å². The molecule has 0 aromatic heterocycles. The van der Waals surface area contributed by atoms with Crippen LogP contribution in [0.2, 0.25) is 0 Å². The maximum atomic E-state index is 11.9. The van der Waals surface area contributed by atoms with Crippen molar-refractivity contribution in [1.82, 2.24) is 0 Å². The number of rotatable bonds is 9. The summed E-state index contributed by atoms with van der Waals surface area (Å²) < 4.78 is 10.1. The van der Waals surface area contributed by atoms with Gasteiger partial charge in [0.15, 0.2) is 0 Å². The van der Waals surface area contributed by atoms with Gasteiger partial charge in [0.1, 0.15) is 5.75 Å². The lowest BCUT2D eigenvalue weighted by atomic mass is 10.2. The Morgan fingerprint density at radius 2 is 1.70 bits per heavy atom. The van der Waals surface area contributed by atoms with E-state index >= 15 is 0 Å². The summed E-state index contributed by atoms with van der Waals surface area (Å²) in [6.45, 7) is 2.05. The minimum atomic E-state index is -0.395. The molecule has 142 valence electrons. The highest BCUT2D eigenvalue weighted by Gasteiger charge is 2.09. The first-order valence-corrected chi connectivity index (χ1v) is 9.64. The lowest BCUT2D eigenvalue weighted by molar-refractivity contribution is -0.133. The summed E-state index contributed by atoms with van der Waals surface area (Å²) in [6, 6.07) is 15.3. The summed E-state index contributed by atoms with van der Waals surface area (Å²) in [7, 11) is 0. The molecule has 0 saturated heterocycles. The van der Waals surface area contributed by atoms with E-state index in [0.29, 0.717) is 29.4 Å². The number of para-hydroxylation sites is 1. The minimum Gasteiger partial charge on any atom is -0.462 e. The molecule has 1 amide bonds. The Morgan fingerprint density at radius 1 is 1.00 bits per heavy atom. The molecule has 2 aromatic carbocycles. The van der Waals surface area contributed by atoms with E-state index in [1.54, 1.807) is 55.5 Å². The number of ether oxygens (including phenoxy) is 2. The van der Waals surface area contributed by atoms with E-state index in [2.05, 4.69) is 5.32 Å². The number of hydrogen-bond donors (Lipinski definition) is 1. The quantitative estimate of drug-likeness (QED) is 0.403. The third-order valence-corrected chi connectivity index (χ3v) is 4.30. The number of esters is 2. The molecule has 2 rings (SSSR count). The van der Waals surface area contributed by atoms with Crippen LogP contribution in [0.1, 0.15) is 23.7 Å². The molecule has 7 heteroatoms. The minimum absolute atomic E-state index is 0.180. The molecule has 0 unspecified atom stereocenters. The van der Waals surface area contributed by atoms with Crippen LogP contribution in [-0.4, -0.2) is 36.0 Å². The zero-order valence-electron chi connectivity index (χ0n) is 15.0. The van der Waals surface area contributed by atoms with Crippen LogP contribution in [0.25, 0.3) is 0 Å². The smallest absolute Gasteiger partial charge is 0.338 e. The van der Waals surface area contributed by atoms with Gasteiger partial charge in [0, 0.05) is 11.4 Å². The van der Waals surface area contributed by atoms with Crippen LogP contribution >= 0.6 is 11.8 Å². The number of amides is 1.